The highest BCUT2D eigenvalue weighted by Gasteiger charge is 2.18. The summed E-state index contributed by atoms with van der Waals surface area (Å²) in [4.78, 5) is 12.1. The molecule has 1 aromatic carbocycles. The zero-order chi connectivity index (χ0) is 13.5. The van der Waals surface area contributed by atoms with Gasteiger partial charge in [0.25, 0.3) is 0 Å². The fourth-order valence-corrected chi connectivity index (χ4v) is 2.38. The minimum absolute atomic E-state index is 0.139. The molecule has 1 amide bonds. The first-order valence-corrected chi connectivity index (χ1v) is 6.79. The molecule has 3 heteroatoms. The zero-order valence-electron chi connectivity index (χ0n) is 11.4. The van der Waals surface area contributed by atoms with E-state index in [9.17, 15) is 4.79 Å². The maximum atomic E-state index is 12.1. The van der Waals surface area contributed by atoms with Gasteiger partial charge in [-0.25, -0.2) is 0 Å². The predicted octanol–water partition coefficient (Wildman–Crippen LogP) is 2.81. The molecule has 0 aromatic heterocycles. The van der Waals surface area contributed by atoms with Crippen molar-refractivity contribution in [3.8, 4) is 0 Å². The van der Waals surface area contributed by atoms with Crippen molar-refractivity contribution >= 4 is 5.91 Å². The Morgan fingerprint density at radius 1 is 1.32 bits per heavy atom. The van der Waals surface area contributed by atoms with E-state index in [4.69, 9.17) is 4.74 Å². The summed E-state index contributed by atoms with van der Waals surface area (Å²) in [6.07, 6.45) is 7.09. The highest BCUT2D eigenvalue weighted by molar-refractivity contribution is 5.79. The highest BCUT2D eigenvalue weighted by atomic mass is 16.5. The van der Waals surface area contributed by atoms with Crippen LogP contribution in [-0.2, 0) is 22.7 Å². The molecule has 2 rings (SSSR count). The lowest BCUT2D eigenvalue weighted by atomic mass is 9.93. The third-order valence-electron chi connectivity index (χ3n) is 3.51. The van der Waals surface area contributed by atoms with Crippen LogP contribution >= 0.6 is 0 Å². The van der Waals surface area contributed by atoms with Crippen LogP contribution < -0.4 is 5.32 Å². The average molecular weight is 259 g/mol. The van der Waals surface area contributed by atoms with E-state index in [0.717, 1.165) is 30.4 Å². The SMILES string of the molecule is COCc1ccccc1CNC(=O)[C@H]1CC=CCC1. The molecule has 0 heterocycles. The van der Waals surface area contributed by atoms with E-state index in [-0.39, 0.29) is 11.8 Å². The smallest absolute Gasteiger partial charge is 0.223 e. The number of amides is 1. The van der Waals surface area contributed by atoms with Gasteiger partial charge in [-0.2, -0.15) is 0 Å². The van der Waals surface area contributed by atoms with Gasteiger partial charge < -0.3 is 10.1 Å². The van der Waals surface area contributed by atoms with Gasteiger partial charge in [0.15, 0.2) is 0 Å². The van der Waals surface area contributed by atoms with E-state index in [0.29, 0.717) is 13.2 Å². The fraction of sp³-hybridized carbons (Fsp3) is 0.438. The molecule has 19 heavy (non-hydrogen) atoms. The maximum Gasteiger partial charge on any atom is 0.223 e. The van der Waals surface area contributed by atoms with Gasteiger partial charge in [0.2, 0.25) is 5.91 Å². The second kappa shape index (κ2) is 7.10. The number of carbonyl (C=O) groups is 1. The van der Waals surface area contributed by atoms with Crippen molar-refractivity contribution in [1.29, 1.82) is 0 Å². The number of hydrogen-bond acceptors (Lipinski definition) is 2. The van der Waals surface area contributed by atoms with Crippen molar-refractivity contribution in [3.05, 3.63) is 47.5 Å². The Kier molecular flexibility index (Phi) is 5.16. The Labute approximate surface area is 114 Å². The van der Waals surface area contributed by atoms with Crippen LogP contribution in [0.3, 0.4) is 0 Å². The molecule has 0 radical (unpaired) electrons. The van der Waals surface area contributed by atoms with Crippen LogP contribution in [0.2, 0.25) is 0 Å². The Bertz CT molecular complexity index is 454. The van der Waals surface area contributed by atoms with Gasteiger partial charge in [0.1, 0.15) is 0 Å². The number of methoxy groups -OCH3 is 1. The molecule has 1 aromatic rings. The van der Waals surface area contributed by atoms with Gasteiger partial charge in [-0.1, -0.05) is 36.4 Å². The van der Waals surface area contributed by atoms with Gasteiger partial charge in [-0.05, 0) is 30.4 Å². The molecular formula is C16H21NO2. The second-order valence-electron chi connectivity index (χ2n) is 4.90. The summed E-state index contributed by atoms with van der Waals surface area (Å²) < 4.78 is 5.17. The van der Waals surface area contributed by atoms with Crippen LogP contribution in [0.5, 0.6) is 0 Å². The van der Waals surface area contributed by atoms with Crippen LogP contribution in [0.25, 0.3) is 0 Å². The van der Waals surface area contributed by atoms with Crippen LogP contribution in [0.15, 0.2) is 36.4 Å². The number of hydrogen-bond donors (Lipinski definition) is 1. The third-order valence-corrected chi connectivity index (χ3v) is 3.51. The van der Waals surface area contributed by atoms with Crippen molar-refractivity contribution in [2.45, 2.75) is 32.4 Å². The van der Waals surface area contributed by atoms with Crippen molar-refractivity contribution < 1.29 is 9.53 Å². The summed E-state index contributed by atoms with van der Waals surface area (Å²) in [6.45, 7) is 1.16. The monoisotopic (exact) mass is 259 g/mol. The van der Waals surface area contributed by atoms with Crippen LogP contribution in [0, 0.1) is 5.92 Å². The lowest BCUT2D eigenvalue weighted by Crippen LogP contribution is -2.31. The summed E-state index contributed by atoms with van der Waals surface area (Å²) in [5.41, 5.74) is 2.26. The number of allylic oxidation sites excluding steroid dienone is 2. The molecule has 3 nitrogen and oxygen atoms in total. The van der Waals surface area contributed by atoms with Gasteiger partial charge in [0.05, 0.1) is 6.61 Å². The molecule has 0 saturated heterocycles. The minimum Gasteiger partial charge on any atom is -0.380 e. The number of benzene rings is 1. The Morgan fingerprint density at radius 2 is 2.11 bits per heavy atom. The van der Waals surface area contributed by atoms with Crippen LogP contribution in [0.4, 0.5) is 0 Å². The first-order valence-electron chi connectivity index (χ1n) is 6.79. The lowest BCUT2D eigenvalue weighted by Gasteiger charge is -2.18. The topological polar surface area (TPSA) is 38.3 Å². The Balaban J connectivity index is 1.91. The molecule has 0 bridgehead atoms. The molecule has 1 N–H and O–H groups in total. The summed E-state index contributed by atoms with van der Waals surface area (Å²) in [7, 11) is 1.68. The van der Waals surface area contributed by atoms with E-state index >= 15 is 0 Å². The van der Waals surface area contributed by atoms with Gasteiger partial charge in [-0.15, -0.1) is 0 Å². The standard InChI is InChI=1S/C16H21NO2/c1-19-12-15-10-6-5-9-14(15)11-17-16(18)13-7-3-2-4-8-13/h2-3,5-6,9-10,13H,4,7-8,11-12H2,1H3,(H,17,18)/t13-/m0/s1. The predicted molar refractivity (Wildman–Crippen MR) is 75.5 cm³/mol. The van der Waals surface area contributed by atoms with Gasteiger partial charge in [0, 0.05) is 19.6 Å². The highest BCUT2D eigenvalue weighted by Crippen LogP contribution is 2.18. The molecule has 1 atom stereocenters. The summed E-state index contributed by atoms with van der Waals surface area (Å²) in [5, 5.41) is 3.04. The van der Waals surface area contributed by atoms with Crippen LogP contribution in [-0.4, -0.2) is 13.0 Å². The Morgan fingerprint density at radius 3 is 2.79 bits per heavy atom. The molecule has 1 aliphatic carbocycles. The average Bonchev–Trinajstić information content (AvgIpc) is 2.47. The molecule has 0 saturated carbocycles. The summed E-state index contributed by atoms with van der Waals surface area (Å²) in [5.74, 6) is 0.302. The third kappa shape index (κ3) is 3.93. The van der Waals surface area contributed by atoms with Gasteiger partial charge in [-0.3, -0.25) is 4.79 Å². The number of rotatable bonds is 5. The van der Waals surface area contributed by atoms with E-state index in [1.807, 2.05) is 24.3 Å². The minimum atomic E-state index is 0.139. The van der Waals surface area contributed by atoms with Crippen molar-refractivity contribution in [3.63, 3.8) is 0 Å². The van der Waals surface area contributed by atoms with E-state index in [2.05, 4.69) is 17.5 Å². The van der Waals surface area contributed by atoms with Crippen molar-refractivity contribution in [2.75, 3.05) is 7.11 Å². The van der Waals surface area contributed by atoms with E-state index in [1.165, 1.54) is 0 Å². The molecule has 102 valence electrons. The second-order valence-corrected chi connectivity index (χ2v) is 4.90. The normalized spacial score (nSPS) is 18.3. The molecule has 0 unspecified atom stereocenters. The summed E-state index contributed by atoms with van der Waals surface area (Å²) in [6, 6.07) is 8.05. The molecule has 0 spiro atoms. The quantitative estimate of drug-likeness (QED) is 0.826. The number of ether oxygens (including phenoxy) is 1. The zero-order valence-corrected chi connectivity index (χ0v) is 11.4. The van der Waals surface area contributed by atoms with E-state index in [1.54, 1.807) is 7.11 Å². The molecule has 1 aliphatic rings. The van der Waals surface area contributed by atoms with Gasteiger partial charge >= 0.3 is 0 Å². The summed E-state index contributed by atoms with van der Waals surface area (Å²) >= 11 is 0. The van der Waals surface area contributed by atoms with Crippen LogP contribution in [0.1, 0.15) is 30.4 Å². The van der Waals surface area contributed by atoms with Crippen molar-refractivity contribution in [2.24, 2.45) is 5.92 Å². The lowest BCUT2D eigenvalue weighted by molar-refractivity contribution is -0.125. The fourth-order valence-electron chi connectivity index (χ4n) is 2.38. The maximum absolute atomic E-state index is 12.1. The molecule has 0 aliphatic heterocycles. The molecular weight excluding hydrogens is 238 g/mol. The number of carbonyl (C=O) groups excluding carboxylic acids is 1. The van der Waals surface area contributed by atoms with Crippen molar-refractivity contribution in [1.82, 2.24) is 5.32 Å². The largest absolute Gasteiger partial charge is 0.380 e. The first kappa shape index (κ1) is 13.8. The first-order chi connectivity index (χ1) is 9.31. The van der Waals surface area contributed by atoms with E-state index < -0.39 is 0 Å². The Hall–Kier alpha value is -1.61. The number of nitrogens with one attached hydrogen (secondary N) is 1. The molecule has 0 fully saturated rings.